The van der Waals surface area contributed by atoms with Gasteiger partial charge in [0.05, 0.1) is 24.4 Å². The normalized spacial score (nSPS) is 11.9. The van der Waals surface area contributed by atoms with Crippen LogP contribution in [0, 0.1) is 6.92 Å². The van der Waals surface area contributed by atoms with Gasteiger partial charge in [-0.1, -0.05) is 60.2 Å². The average Bonchev–Trinajstić information content (AvgIpc) is 3.31. The quantitative estimate of drug-likeness (QED) is 0.412. The summed E-state index contributed by atoms with van der Waals surface area (Å²) in [4.78, 5) is 15.6. The number of benzene rings is 3. The maximum atomic E-state index is 13.5. The van der Waals surface area contributed by atoms with E-state index >= 15 is 0 Å². The van der Waals surface area contributed by atoms with Crippen molar-refractivity contribution in [3.8, 4) is 22.7 Å². The number of aromatic nitrogens is 2. The number of carbonyl (C=O) groups is 1. The molecule has 174 valence electrons. The average molecular weight is 455 g/mol. The molecule has 3 aromatic carbocycles. The zero-order valence-corrected chi connectivity index (χ0v) is 20.0. The fraction of sp³-hybridized carbons (Fsp3) is 0.214. The van der Waals surface area contributed by atoms with Crippen LogP contribution >= 0.6 is 0 Å². The Morgan fingerprint density at radius 1 is 1.00 bits per heavy atom. The first-order valence-electron chi connectivity index (χ1n) is 11.3. The second-order valence-corrected chi connectivity index (χ2v) is 8.47. The van der Waals surface area contributed by atoms with E-state index in [4.69, 9.17) is 9.84 Å². The van der Waals surface area contributed by atoms with E-state index in [1.54, 1.807) is 18.0 Å². The van der Waals surface area contributed by atoms with E-state index in [2.05, 4.69) is 41.4 Å². The van der Waals surface area contributed by atoms with Crippen molar-refractivity contribution in [2.75, 3.05) is 27.7 Å². The van der Waals surface area contributed by atoms with Crippen LogP contribution in [0.4, 0.5) is 0 Å². The number of para-hydroxylation sites is 2. The van der Waals surface area contributed by atoms with Gasteiger partial charge in [0.2, 0.25) is 0 Å². The van der Waals surface area contributed by atoms with Gasteiger partial charge in [0.15, 0.2) is 0 Å². The van der Waals surface area contributed by atoms with Gasteiger partial charge in [-0.15, -0.1) is 0 Å². The number of ether oxygens (including phenoxy) is 1. The van der Waals surface area contributed by atoms with E-state index in [1.807, 2.05) is 68.7 Å². The number of hydrogen-bond acceptors (Lipinski definition) is 4. The van der Waals surface area contributed by atoms with Gasteiger partial charge in [-0.3, -0.25) is 4.79 Å². The Labute approximate surface area is 200 Å². The van der Waals surface area contributed by atoms with Gasteiger partial charge in [0.1, 0.15) is 11.4 Å². The highest BCUT2D eigenvalue weighted by atomic mass is 16.5. The summed E-state index contributed by atoms with van der Waals surface area (Å²) in [5, 5.41) is 7.91. The van der Waals surface area contributed by atoms with Crippen LogP contribution in [0.3, 0.4) is 0 Å². The van der Waals surface area contributed by atoms with Crippen molar-refractivity contribution < 1.29 is 9.53 Å². The number of carbonyl (C=O) groups excluding carboxylic acids is 1. The molecular formula is C28H30N4O2. The smallest absolute Gasteiger partial charge is 0.255 e. The number of aryl methyl sites for hydroxylation is 1. The molecule has 0 fully saturated rings. The van der Waals surface area contributed by atoms with Crippen molar-refractivity contribution in [2.45, 2.75) is 13.0 Å². The molecule has 4 aromatic rings. The lowest BCUT2D eigenvalue weighted by Crippen LogP contribution is -2.34. The third-order valence-electron chi connectivity index (χ3n) is 5.88. The highest BCUT2D eigenvalue weighted by Gasteiger charge is 2.22. The summed E-state index contributed by atoms with van der Waals surface area (Å²) < 4.78 is 7.30. The van der Waals surface area contributed by atoms with E-state index in [1.165, 1.54) is 5.56 Å². The molecule has 6 heteroatoms. The lowest BCUT2D eigenvalue weighted by atomic mass is 10.0. The molecule has 1 unspecified atom stereocenters. The standard InChI is InChI=1S/C28H30N4O2/c1-20-14-16-21(17-15-20)25(31(2)3)18-29-28(33)24-19-32(22-10-6-5-7-11-22)30-27(24)23-12-8-9-13-26(23)34-4/h5-17,19,25H,18H2,1-4H3,(H,29,33). The predicted octanol–water partition coefficient (Wildman–Crippen LogP) is 4.89. The van der Waals surface area contributed by atoms with Gasteiger partial charge >= 0.3 is 0 Å². The second-order valence-electron chi connectivity index (χ2n) is 8.47. The lowest BCUT2D eigenvalue weighted by molar-refractivity contribution is 0.0942. The molecule has 34 heavy (non-hydrogen) atoms. The molecule has 1 amide bonds. The molecule has 4 rings (SSSR count). The summed E-state index contributed by atoms with van der Waals surface area (Å²) in [7, 11) is 5.66. The summed E-state index contributed by atoms with van der Waals surface area (Å²) in [6.07, 6.45) is 1.78. The fourth-order valence-electron chi connectivity index (χ4n) is 3.96. The molecule has 0 spiro atoms. The van der Waals surface area contributed by atoms with Crippen LogP contribution in [0.1, 0.15) is 27.5 Å². The molecule has 0 bridgehead atoms. The Balaban J connectivity index is 1.67. The lowest BCUT2D eigenvalue weighted by Gasteiger charge is -2.25. The highest BCUT2D eigenvalue weighted by Crippen LogP contribution is 2.32. The zero-order valence-electron chi connectivity index (χ0n) is 20.0. The largest absolute Gasteiger partial charge is 0.496 e. The molecule has 0 aliphatic rings. The molecular weight excluding hydrogens is 424 g/mol. The van der Waals surface area contributed by atoms with Crippen molar-refractivity contribution in [1.29, 1.82) is 0 Å². The minimum absolute atomic E-state index is 0.0448. The Morgan fingerprint density at radius 3 is 2.35 bits per heavy atom. The van der Waals surface area contributed by atoms with Crippen molar-refractivity contribution in [1.82, 2.24) is 20.0 Å². The zero-order chi connectivity index (χ0) is 24.1. The van der Waals surface area contributed by atoms with Crippen LogP contribution in [-0.4, -0.2) is 48.3 Å². The molecule has 0 aliphatic heterocycles. The Morgan fingerprint density at radius 2 is 1.68 bits per heavy atom. The summed E-state index contributed by atoms with van der Waals surface area (Å²) in [6.45, 7) is 2.54. The number of rotatable bonds is 8. The van der Waals surface area contributed by atoms with Crippen molar-refractivity contribution in [3.63, 3.8) is 0 Å². The summed E-state index contributed by atoms with van der Waals surface area (Å²) >= 11 is 0. The Hall–Kier alpha value is -3.90. The second kappa shape index (κ2) is 10.4. The molecule has 1 N–H and O–H groups in total. The van der Waals surface area contributed by atoms with Gasteiger partial charge in [-0.05, 0) is 50.8 Å². The van der Waals surface area contributed by atoms with Crippen LogP contribution in [-0.2, 0) is 0 Å². The van der Waals surface area contributed by atoms with Gasteiger partial charge in [0, 0.05) is 18.3 Å². The van der Waals surface area contributed by atoms with Gasteiger partial charge < -0.3 is 15.0 Å². The number of amides is 1. The number of methoxy groups -OCH3 is 1. The van der Waals surface area contributed by atoms with Crippen molar-refractivity contribution in [3.05, 3.63) is 102 Å². The van der Waals surface area contributed by atoms with Crippen molar-refractivity contribution >= 4 is 5.91 Å². The molecule has 1 atom stereocenters. The minimum atomic E-state index is -0.179. The molecule has 0 radical (unpaired) electrons. The molecule has 0 aliphatic carbocycles. The van der Waals surface area contributed by atoms with Crippen LogP contribution in [0.15, 0.2) is 85.1 Å². The van der Waals surface area contributed by atoms with E-state index in [0.717, 1.165) is 16.8 Å². The Kier molecular flexibility index (Phi) is 7.09. The van der Waals surface area contributed by atoms with E-state index in [0.29, 0.717) is 23.6 Å². The summed E-state index contributed by atoms with van der Waals surface area (Å²) in [5.41, 5.74) is 5.09. The molecule has 0 saturated heterocycles. The maximum absolute atomic E-state index is 13.5. The van der Waals surface area contributed by atoms with E-state index in [9.17, 15) is 4.79 Å². The molecule has 0 saturated carbocycles. The third kappa shape index (κ3) is 5.02. The number of hydrogen-bond donors (Lipinski definition) is 1. The Bertz CT molecular complexity index is 1250. The predicted molar refractivity (Wildman–Crippen MR) is 135 cm³/mol. The fourth-order valence-corrected chi connectivity index (χ4v) is 3.96. The molecule has 1 aromatic heterocycles. The van der Waals surface area contributed by atoms with Gasteiger partial charge in [-0.25, -0.2) is 4.68 Å². The topological polar surface area (TPSA) is 59.4 Å². The number of nitrogens with one attached hydrogen (secondary N) is 1. The van der Waals surface area contributed by atoms with E-state index in [-0.39, 0.29) is 11.9 Å². The number of likely N-dealkylation sites (N-methyl/N-ethyl adjacent to an activating group) is 1. The van der Waals surface area contributed by atoms with Gasteiger partial charge in [-0.2, -0.15) is 5.10 Å². The van der Waals surface area contributed by atoms with Crippen molar-refractivity contribution in [2.24, 2.45) is 0 Å². The highest BCUT2D eigenvalue weighted by molar-refractivity contribution is 6.00. The number of nitrogens with zero attached hydrogens (tertiary/aromatic N) is 3. The van der Waals surface area contributed by atoms with Crippen LogP contribution in [0.2, 0.25) is 0 Å². The monoisotopic (exact) mass is 454 g/mol. The van der Waals surface area contributed by atoms with Gasteiger partial charge in [0.25, 0.3) is 5.91 Å². The third-order valence-corrected chi connectivity index (χ3v) is 5.88. The van der Waals surface area contributed by atoms with Crippen LogP contribution in [0.5, 0.6) is 5.75 Å². The SMILES string of the molecule is COc1ccccc1-c1nn(-c2ccccc2)cc1C(=O)NCC(c1ccc(C)cc1)N(C)C. The van der Waals surface area contributed by atoms with Crippen LogP contribution in [0.25, 0.3) is 16.9 Å². The molecule has 1 heterocycles. The van der Waals surface area contributed by atoms with Crippen LogP contribution < -0.4 is 10.1 Å². The maximum Gasteiger partial charge on any atom is 0.255 e. The van der Waals surface area contributed by atoms with E-state index < -0.39 is 0 Å². The first kappa shape index (κ1) is 23.3. The minimum Gasteiger partial charge on any atom is -0.496 e. The first-order chi connectivity index (χ1) is 16.5. The first-order valence-corrected chi connectivity index (χ1v) is 11.3. The molecule has 6 nitrogen and oxygen atoms in total. The summed E-state index contributed by atoms with van der Waals surface area (Å²) in [6, 6.07) is 25.8. The summed E-state index contributed by atoms with van der Waals surface area (Å²) in [5.74, 6) is 0.489.